The van der Waals surface area contributed by atoms with Gasteiger partial charge in [-0.25, -0.2) is 0 Å². The lowest BCUT2D eigenvalue weighted by Crippen LogP contribution is -2.24. The molecule has 1 unspecified atom stereocenters. The van der Waals surface area contributed by atoms with Crippen LogP contribution in [-0.4, -0.2) is 13.2 Å². The standard InChI is InChI=1S/C17H20ClNO/c1-13-4-3-5-17(12-13)20-11-10-19-14(2)15-6-8-16(18)9-7-15/h3-9,12,14,19H,10-11H2,1-2H3. The van der Waals surface area contributed by atoms with Gasteiger partial charge in [-0.2, -0.15) is 0 Å². The smallest absolute Gasteiger partial charge is 0.119 e. The number of halogens is 1. The summed E-state index contributed by atoms with van der Waals surface area (Å²) in [5.41, 5.74) is 2.44. The molecule has 1 atom stereocenters. The molecule has 0 aliphatic rings. The molecule has 3 heteroatoms. The van der Waals surface area contributed by atoms with Crippen LogP contribution in [0.4, 0.5) is 0 Å². The third-order valence-electron chi connectivity index (χ3n) is 3.18. The Morgan fingerprint density at radius 3 is 2.60 bits per heavy atom. The lowest BCUT2D eigenvalue weighted by Gasteiger charge is -2.15. The van der Waals surface area contributed by atoms with Gasteiger partial charge in [0.2, 0.25) is 0 Å². The number of ether oxygens (including phenoxy) is 1. The van der Waals surface area contributed by atoms with E-state index in [1.807, 2.05) is 42.5 Å². The molecule has 1 N–H and O–H groups in total. The molecule has 2 rings (SSSR count). The zero-order valence-corrected chi connectivity index (χ0v) is 12.7. The minimum atomic E-state index is 0.286. The first kappa shape index (κ1) is 14.9. The summed E-state index contributed by atoms with van der Waals surface area (Å²) in [5, 5.41) is 4.20. The fourth-order valence-corrected chi connectivity index (χ4v) is 2.14. The van der Waals surface area contributed by atoms with Crippen LogP contribution < -0.4 is 10.1 Å². The second-order valence-electron chi connectivity index (χ2n) is 4.89. The first-order chi connectivity index (χ1) is 9.65. The van der Waals surface area contributed by atoms with Gasteiger partial charge in [-0.1, -0.05) is 35.9 Å². The molecule has 106 valence electrons. The second kappa shape index (κ2) is 7.32. The number of benzene rings is 2. The van der Waals surface area contributed by atoms with E-state index in [9.17, 15) is 0 Å². The molecule has 2 nitrogen and oxygen atoms in total. The van der Waals surface area contributed by atoms with Crippen LogP contribution in [-0.2, 0) is 0 Å². The third kappa shape index (κ3) is 4.55. The maximum Gasteiger partial charge on any atom is 0.119 e. The molecule has 0 spiro atoms. The van der Waals surface area contributed by atoms with Crippen LogP contribution in [0.15, 0.2) is 48.5 Å². The van der Waals surface area contributed by atoms with E-state index in [0.717, 1.165) is 17.3 Å². The highest BCUT2D eigenvalue weighted by Crippen LogP contribution is 2.16. The van der Waals surface area contributed by atoms with E-state index in [1.165, 1.54) is 11.1 Å². The molecule has 2 aromatic carbocycles. The number of rotatable bonds is 6. The lowest BCUT2D eigenvalue weighted by molar-refractivity contribution is 0.307. The Balaban J connectivity index is 1.74. The van der Waals surface area contributed by atoms with Crippen LogP contribution in [0.25, 0.3) is 0 Å². The highest BCUT2D eigenvalue weighted by atomic mass is 35.5. The average Bonchev–Trinajstić information content (AvgIpc) is 2.44. The van der Waals surface area contributed by atoms with Crippen LogP contribution in [0.1, 0.15) is 24.1 Å². The Labute approximate surface area is 125 Å². The molecule has 0 fully saturated rings. The molecule has 0 heterocycles. The van der Waals surface area contributed by atoms with Crippen molar-refractivity contribution in [2.24, 2.45) is 0 Å². The van der Waals surface area contributed by atoms with Crippen LogP contribution in [0.3, 0.4) is 0 Å². The minimum absolute atomic E-state index is 0.286. The van der Waals surface area contributed by atoms with Gasteiger partial charge in [-0.3, -0.25) is 0 Å². The highest BCUT2D eigenvalue weighted by Gasteiger charge is 2.04. The largest absolute Gasteiger partial charge is 0.492 e. The van der Waals surface area contributed by atoms with Crippen molar-refractivity contribution in [2.45, 2.75) is 19.9 Å². The van der Waals surface area contributed by atoms with Gasteiger partial charge >= 0.3 is 0 Å². The molecule has 2 aromatic rings. The molecule has 0 bridgehead atoms. The maximum atomic E-state index is 5.88. The molecule has 0 radical (unpaired) electrons. The summed E-state index contributed by atoms with van der Waals surface area (Å²) in [6.45, 7) is 5.66. The Morgan fingerprint density at radius 2 is 1.90 bits per heavy atom. The van der Waals surface area contributed by atoms with Crippen molar-refractivity contribution < 1.29 is 4.74 Å². The third-order valence-corrected chi connectivity index (χ3v) is 3.43. The van der Waals surface area contributed by atoms with E-state index in [-0.39, 0.29) is 6.04 Å². The summed E-state index contributed by atoms with van der Waals surface area (Å²) in [7, 11) is 0. The van der Waals surface area contributed by atoms with Crippen molar-refractivity contribution in [3.8, 4) is 5.75 Å². The fourth-order valence-electron chi connectivity index (χ4n) is 2.02. The van der Waals surface area contributed by atoms with E-state index in [0.29, 0.717) is 6.61 Å². The summed E-state index contributed by atoms with van der Waals surface area (Å²) in [6, 6.07) is 16.3. The van der Waals surface area contributed by atoms with Crippen molar-refractivity contribution in [2.75, 3.05) is 13.2 Å². The first-order valence-electron chi connectivity index (χ1n) is 6.83. The van der Waals surface area contributed by atoms with Gasteiger partial charge in [0.1, 0.15) is 12.4 Å². The van der Waals surface area contributed by atoms with Gasteiger partial charge in [0.25, 0.3) is 0 Å². The van der Waals surface area contributed by atoms with Crippen LogP contribution in [0.2, 0.25) is 5.02 Å². The van der Waals surface area contributed by atoms with Crippen LogP contribution in [0.5, 0.6) is 5.75 Å². The molecule has 0 saturated carbocycles. The number of aryl methyl sites for hydroxylation is 1. The monoisotopic (exact) mass is 289 g/mol. The normalized spacial score (nSPS) is 12.2. The Hall–Kier alpha value is -1.51. The van der Waals surface area contributed by atoms with E-state index in [2.05, 4.69) is 25.2 Å². The van der Waals surface area contributed by atoms with E-state index in [1.54, 1.807) is 0 Å². The van der Waals surface area contributed by atoms with E-state index in [4.69, 9.17) is 16.3 Å². The Bertz CT molecular complexity index is 539. The first-order valence-corrected chi connectivity index (χ1v) is 7.21. The van der Waals surface area contributed by atoms with E-state index < -0.39 is 0 Å². The molecule has 0 amide bonds. The molecular formula is C17H20ClNO. The molecular weight excluding hydrogens is 270 g/mol. The molecule has 0 saturated heterocycles. The Kier molecular flexibility index (Phi) is 5.45. The zero-order chi connectivity index (χ0) is 14.4. The average molecular weight is 290 g/mol. The summed E-state index contributed by atoms with van der Waals surface area (Å²) in [4.78, 5) is 0. The topological polar surface area (TPSA) is 21.3 Å². The van der Waals surface area contributed by atoms with Gasteiger partial charge in [-0.05, 0) is 49.2 Å². The summed E-state index contributed by atoms with van der Waals surface area (Å²) in [5.74, 6) is 0.922. The second-order valence-corrected chi connectivity index (χ2v) is 5.33. The van der Waals surface area contributed by atoms with Crippen molar-refractivity contribution >= 4 is 11.6 Å². The van der Waals surface area contributed by atoms with Gasteiger partial charge < -0.3 is 10.1 Å². The van der Waals surface area contributed by atoms with Crippen LogP contribution >= 0.6 is 11.6 Å². The van der Waals surface area contributed by atoms with Gasteiger partial charge in [0.05, 0.1) is 0 Å². The van der Waals surface area contributed by atoms with Gasteiger partial charge in [-0.15, -0.1) is 0 Å². The predicted octanol–water partition coefficient (Wildman–Crippen LogP) is 4.38. The SMILES string of the molecule is Cc1cccc(OCCNC(C)c2ccc(Cl)cc2)c1. The zero-order valence-electron chi connectivity index (χ0n) is 11.9. The van der Waals surface area contributed by atoms with Crippen molar-refractivity contribution in [1.82, 2.24) is 5.32 Å². The highest BCUT2D eigenvalue weighted by molar-refractivity contribution is 6.30. The summed E-state index contributed by atoms with van der Waals surface area (Å²) >= 11 is 5.88. The van der Waals surface area contributed by atoms with Crippen molar-refractivity contribution in [1.29, 1.82) is 0 Å². The minimum Gasteiger partial charge on any atom is -0.492 e. The van der Waals surface area contributed by atoms with Crippen molar-refractivity contribution in [3.63, 3.8) is 0 Å². The van der Waals surface area contributed by atoms with Crippen LogP contribution in [0, 0.1) is 6.92 Å². The molecule has 0 aromatic heterocycles. The summed E-state index contributed by atoms with van der Waals surface area (Å²) < 4.78 is 5.71. The Morgan fingerprint density at radius 1 is 1.15 bits per heavy atom. The predicted molar refractivity (Wildman–Crippen MR) is 84.5 cm³/mol. The number of hydrogen-bond donors (Lipinski definition) is 1. The quantitative estimate of drug-likeness (QED) is 0.797. The van der Waals surface area contributed by atoms with Gasteiger partial charge in [0.15, 0.2) is 0 Å². The fraction of sp³-hybridized carbons (Fsp3) is 0.294. The van der Waals surface area contributed by atoms with Crippen molar-refractivity contribution in [3.05, 3.63) is 64.7 Å². The summed E-state index contributed by atoms with van der Waals surface area (Å²) in [6.07, 6.45) is 0. The van der Waals surface area contributed by atoms with E-state index >= 15 is 0 Å². The molecule has 0 aliphatic heterocycles. The number of hydrogen-bond acceptors (Lipinski definition) is 2. The van der Waals surface area contributed by atoms with Gasteiger partial charge in [0, 0.05) is 17.6 Å². The maximum absolute atomic E-state index is 5.88. The molecule has 20 heavy (non-hydrogen) atoms. The number of nitrogens with one attached hydrogen (secondary N) is 1. The lowest BCUT2D eigenvalue weighted by atomic mass is 10.1. The molecule has 0 aliphatic carbocycles.